The number of rotatable bonds is 2. The third-order valence-electron chi connectivity index (χ3n) is 1.89. The van der Waals surface area contributed by atoms with E-state index in [-0.39, 0.29) is 25.5 Å². The topological polar surface area (TPSA) is 18.5 Å². The van der Waals surface area contributed by atoms with Crippen molar-refractivity contribution in [2.75, 3.05) is 0 Å². The van der Waals surface area contributed by atoms with Crippen LogP contribution in [0.25, 0.3) is 0 Å². The molecule has 21 heavy (non-hydrogen) atoms. The van der Waals surface area contributed by atoms with Gasteiger partial charge < -0.3 is 59.2 Å². The molecule has 0 heterocycles. The maximum absolute atomic E-state index is 4.96. The van der Waals surface area contributed by atoms with E-state index in [0.29, 0.717) is 11.5 Å². The minimum absolute atomic E-state index is 0. The van der Waals surface area contributed by atoms with Gasteiger partial charge in [-0.25, -0.2) is 0 Å². The van der Waals surface area contributed by atoms with Crippen LogP contribution in [-0.4, -0.2) is 8.77 Å². The molecule has 0 N–H and O–H groups in total. The summed E-state index contributed by atoms with van der Waals surface area (Å²) >= 11 is 18.3. The van der Waals surface area contributed by atoms with Crippen LogP contribution < -0.4 is 9.47 Å². The molecule has 111 valence electrons. The fraction of sp³-hybridized carbons (Fsp3) is 0. The zero-order chi connectivity index (χ0) is 14.8. The molecular weight excluding hydrogens is 387 g/mol. The van der Waals surface area contributed by atoms with Crippen molar-refractivity contribution in [3.8, 4) is 11.5 Å². The molecule has 0 aliphatic carbocycles. The van der Waals surface area contributed by atoms with Crippen molar-refractivity contribution in [2.45, 2.75) is 0 Å². The first-order chi connectivity index (χ1) is 9.58. The monoisotopic (exact) mass is 397 g/mol. The quantitative estimate of drug-likeness (QED) is 0.563. The smallest absolute Gasteiger partial charge is 0.477 e. The zero-order valence-corrected chi connectivity index (χ0v) is 14.9. The van der Waals surface area contributed by atoms with Gasteiger partial charge in [0.15, 0.2) is 0 Å². The van der Waals surface area contributed by atoms with Crippen LogP contribution in [0.4, 0.5) is 0 Å². The summed E-state index contributed by atoms with van der Waals surface area (Å²) in [7, 11) is 0. The molecule has 0 saturated heterocycles. The molecule has 0 unspecified atom stereocenters. The van der Waals surface area contributed by atoms with Gasteiger partial charge in [-0.2, -0.15) is 0 Å². The molecule has 7 heteroatoms. The molecule has 2 nitrogen and oxygen atoms in total. The van der Waals surface area contributed by atoms with Crippen molar-refractivity contribution in [2.24, 2.45) is 0 Å². The summed E-state index contributed by atoms with van der Waals surface area (Å²) in [4.78, 5) is 0. The maximum Gasteiger partial charge on any atom is 2.00 e. The van der Waals surface area contributed by atoms with E-state index in [1.807, 2.05) is 36.4 Å². The van der Waals surface area contributed by atoms with Crippen LogP contribution in [0.5, 0.6) is 11.5 Å². The van der Waals surface area contributed by atoms with Crippen LogP contribution in [0, 0.1) is 0 Å². The Kier molecular flexibility index (Phi) is 11.3. The second-order valence-corrected chi connectivity index (χ2v) is 5.33. The first kappa shape index (κ1) is 20.2. The Morgan fingerprint density at radius 3 is 1.19 bits per heavy atom. The second-order valence-electron chi connectivity index (χ2n) is 3.33. The summed E-state index contributed by atoms with van der Waals surface area (Å²) in [5.41, 5.74) is 0. The standard InChI is InChI=1S/2C7H6OS2.Co/c2*9-7(10)8-6-4-2-1-3-5-6;/h2*1-5H,(H,9,10);/q;;+2/p-2. The SMILES string of the molecule is S=C([S-])Oc1ccccc1.S=C([S-])Oc1ccccc1.[Co+2]. The van der Waals surface area contributed by atoms with Gasteiger partial charge in [0.2, 0.25) is 0 Å². The van der Waals surface area contributed by atoms with E-state index in [0.717, 1.165) is 0 Å². The van der Waals surface area contributed by atoms with E-state index in [4.69, 9.17) is 9.47 Å². The predicted molar refractivity (Wildman–Crippen MR) is 94.1 cm³/mol. The van der Waals surface area contributed by atoms with Crippen molar-refractivity contribution in [3.63, 3.8) is 0 Å². The molecule has 1 radical (unpaired) electrons. The fourth-order valence-corrected chi connectivity index (χ4v) is 1.55. The van der Waals surface area contributed by atoms with E-state index >= 15 is 0 Å². The summed E-state index contributed by atoms with van der Waals surface area (Å²) in [6, 6.07) is 18.5. The molecule has 0 aromatic heterocycles. The second kappa shape index (κ2) is 11.8. The zero-order valence-electron chi connectivity index (χ0n) is 10.6. The Morgan fingerprint density at radius 2 is 0.952 bits per heavy atom. The van der Waals surface area contributed by atoms with E-state index < -0.39 is 0 Å². The summed E-state index contributed by atoms with van der Waals surface area (Å²) in [5.74, 6) is 1.39. The number of para-hydroxylation sites is 2. The first-order valence-electron chi connectivity index (χ1n) is 5.45. The summed E-state index contributed by atoms with van der Waals surface area (Å²) in [6.07, 6.45) is 0. The van der Waals surface area contributed by atoms with E-state index in [2.05, 4.69) is 49.7 Å². The number of thiocarbonyl (C=S) groups is 2. The van der Waals surface area contributed by atoms with Gasteiger partial charge in [0.25, 0.3) is 0 Å². The minimum atomic E-state index is 0. The van der Waals surface area contributed by atoms with Crippen molar-refractivity contribution < 1.29 is 26.3 Å². The molecular formula is C14H10CoO2S4. The molecule has 2 aromatic rings. The Labute approximate surface area is 156 Å². The van der Waals surface area contributed by atoms with Gasteiger partial charge >= 0.3 is 16.8 Å². The Bertz CT molecular complexity index is 498. The first-order valence-corrected chi connectivity index (χ1v) is 7.09. The van der Waals surface area contributed by atoms with Crippen molar-refractivity contribution in [1.82, 2.24) is 0 Å². The van der Waals surface area contributed by atoms with Crippen LogP contribution in [0.2, 0.25) is 0 Å². The van der Waals surface area contributed by atoms with Gasteiger partial charge in [-0.1, -0.05) is 36.4 Å². The molecule has 0 amide bonds. The molecule has 2 rings (SSSR count). The van der Waals surface area contributed by atoms with E-state index in [9.17, 15) is 0 Å². The van der Waals surface area contributed by atoms with Gasteiger partial charge in [0, 0.05) is 8.77 Å². The Balaban J connectivity index is 0.000000364. The van der Waals surface area contributed by atoms with Crippen molar-refractivity contribution >= 4 is 58.5 Å². The number of hydrogen-bond acceptors (Lipinski definition) is 6. The van der Waals surface area contributed by atoms with Gasteiger partial charge in [0.1, 0.15) is 11.5 Å². The van der Waals surface area contributed by atoms with Crippen LogP contribution in [0.3, 0.4) is 0 Å². The van der Waals surface area contributed by atoms with Crippen LogP contribution in [-0.2, 0) is 42.0 Å². The predicted octanol–water partition coefficient (Wildman–Crippen LogP) is 3.79. The van der Waals surface area contributed by atoms with Gasteiger partial charge in [0.05, 0.1) is 0 Å². The molecule has 0 fully saturated rings. The van der Waals surface area contributed by atoms with Crippen LogP contribution in [0.1, 0.15) is 0 Å². The fourth-order valence-electron chi connectivity index (χ4n) is 1.17. The van der Waals surface area contributed by atoms with Crippen LogP contribution in [0.15, 0.2) is 60.7 Å². The van der Waals surface area contributed by atoms with Crippen LogP contribution >= 0.6 is 24.4 Å². The normalized spacial score (nSPS) is 8.38. The molecule has 0 aliphatic heterocycles. The van der Waals surface area contributed by atoms with Crippen molar-refractivity contribution in [3.05, 3.63) is 60.7 Å². The third-order valence-corrected chi connectivity index (χ3v) is 2.22. The Hall–Kier alpha value is -0.834. The van der Waals surface area contributed by atoms with Gasteiger partial charge in [-0.3, -0.25) is 0 Å². The molecule has 0 atom stereocenters. The van der Waals surface area contributed by atoms with Gasteiger partial charge in [-0.15, -0.1) is 0 Å². The largest absolute Gasteiger partial charge is 2.00 e. The molecule has 0 bridgehead atoms. The number of hydrogen-bond donors (Lipinski definition) is 0. The number of ether oxygens (including phenoxy) is 2. The van der Waals surface area contributed by atoms with E-state index in [1.54, 1.807) is 24.3 Å². The molecule has 2 aromatic carbocycles. The average molecular weight is 397 g/mol. The third kappa shape index (κ3) is 10.5. The molecule has 0 aliphatic rings. The summed E-state index contributed by atoms with van der Waals surface area (Å²) in [5, 5.41) is 0. The summed E-state index contributed by atoms with van der Waals surface area (Å²) < 4.78 is 10.2. The number of benzene rings is 2. The van der Waals surface area contributed by atoms with Crippen molar-refractivity contribution in [1.29, 1.82) is 0 Å². The maximum atomic E-state index is 4.96. The summed E-state index contributed by atoms with van der Waals surface area (Å²) in [6.45, 7) is 0. The van der Waals surface area contributed by atoms with E-state index in [1.165, 1.54) is 0 Å². The molecule has 0 saturated carbocycles. The van der Waals surface area contributed by atoms with Gasteiger partial charge in [-0.05, 0) is 24.3 Å². The molecule has 0 spiro atoms. The Morgan fingerprint density at radius 1 is 0.667 bits per heavy atom. The minimum Gasteiger partial charge on any atom is -0.477 e. The average Bonchev–Trinajstić information content (AvgIpc) is 2.40.